The number of allylic oxidation sites excluding steroid dienone is 5. The summed E-state index contributed by atoms with van der Waals surface area (Å²) in [5.41, 5.74) is 8.32. The molecule has 1 aromatic carbocycles. The number of nitrogens with zero attached hydrogens (tertiary/aromatic N) is 1. The third kappa shape index (κ3) is 1.92. The Morgan fingerprint density at radius 1 is 1.12 bits per heavy atom. The van der Waals surface area contributed by atoms with Crippen LogP contribution in [0.25, 0.3) is 0 Å². The first-order chi connectivity index (χ1) is 12.1. The maximum atomic E-state index is 8.10. The highest BCUT2D eigenvalue weighted by atomic mass is 15.0. The Hall–Kier alpha value is -2.42. The van der Waals surface area contributed by atoms with Crippen LogP contribution >= 0.6 is 0 Å². The van der Waals surface area contributed by atoms with Crippen molar-refractivity contribution in [2.24, 2.45) is 4.99 Å². The third-order valence-corrected chi connectivity index (χ3v) is 6.49. The van der Waals surface area contributed by atoms with Gasteiger partial charge in [-0.25, -0.2) is 0 Å². The maximum Gasteiger partial charge on any atom is 0.0765 e. The van der Waals surface area contributed by atoms with Gasteiger partial charge in [-0.05, 0) is 56.7 Å². The van der Waals surface area contributed by atoms with Crippen molar-refractivity contribution in [2.75, 3.05) is 0 Å². The van der Waals surface area contributed by atoms with Crippen LogP contribution in [-0.2, 0) is 5.41 Å². The fourth-order valence-electron chi connectivity index (χ4n) is 4.62. The van der Waals surface area contributed by atoms with Crippen molar-refractivity contribution in [3.63, 3.8) is 0 Å². The molecule has 2 N–H and O–H groups in total. The number of dihydropyridines is 1. The Bertz CT molecular complexity index is 918. The molecule has 2 saturated carbocycles. The molecule has 0 aromatic heterocycles. The van der Waals surface area contributed by atoms with E-state index in [1.165, 1.54) is 48.6 Å². The van der Waals surface area contributed by atoms with Crippen LogP contribution in [0.15, 0.2) is 64.0 Å². The van der Waals surface area contributed by atoms with Gasteiger partial charge in [0.05, 0.1) is 11.3 Å². The van der Waals surface area contributed by atoms with E-state index in [1.54, 1.807) is 0 Å². The molecular weight excluding hydrogens is 306 g/mol. The molecule has 2 spiro atoms. The van der Waals surface area contributed by atoms with Gasteiger partial charge in [-0.15, -0.1) is 0 Å². The summed E-state index contributed by atoms with van der Waals surface area (Å²) in [4.78, 5) is 5.29. The van der Waals surface area contributed by atoms with E-state index in [4.69, 9.17) is 10.4 Å². The topological polar surface area (TPSA) is 48.2 Å². The van der Waals surface area contributed by atoms with Crippen molar-refractivity contribution in [1.82, 2.24) is 5.32 Å². The zero-order valence-electron chi connectivity index (χ0n) is 14.8. The monoisotopic (exact) mass is 329 g/mol. The largest absolute Gasteiger partial charge is 0.358 e. The minimum absolute atomic E-state index is 0.102. The molecule has 2 aliphatic carbocycles. The minimum atomic E-state index is 0.102. The number of fused-ring (bicyclic) bond motifs is 3. The molecule has 3 nitrogen and oxygen atoms in total. The van der Waals surface area contributed by atoms with E-state index in [0.29, 0.717) is 0 Å². The average molecular weight is 329 g/mol. The van der Waals surface area contributed by atoms with Gasteiger partial charge in [0.15, 0.2) is 0 Å². The first-order valence-electron chi connectivity index (χ1n) is 9.18. The second kappa shape index (κ2) is 4.81. The zero-order valence-corrected chi connectivity index (χ0v) is 14.8. The Morgan fingerprint density at radius 2 is 1.88 bits per heavy atom. The van der Waals surface area contributed by atoms with E-state index < -0.39 is 0 Å². The number of aliphatic imine (C=N–C) groups is 1. The van der Waals surface area contributed by atoms with E-state index in [-0.39, 0.29) is 11.0 Å². The van der Waals surface area contributed by atoms with Crippen molar-refractivity contribution in [2.45, 2.75) is 50.5 Å². The highest BCUT2D eigenvalue weighted by Gasteiger charge is 2.68. The van der Waals surface area contributed by atoms with Gasteiger partial charge in [-0.2, -0.15) is 0 Å². The highest BCUT2D eigenvalue weighted by Crippen LogP contribution is 2.69. The molecule has 0 saturated heterocycles. The van der Waals surface area contributed by atoms with Crippen molar-refractivity contribution in [3.8, 4) is 0 Å². The van der Waals surface area contributed by atoms with E-state index in [0.717, 1.165) is 22.7 Å². The highest BCUT2D eigenvalue weighted by molar-refractivity contribution is 6.25. The van der Waals surface area contributed by atoms with Crippen LogP contribution < -0.4 is 5.32 Å². The van der Waals surface area contributed by atoms with Gasteiger partial charge in [0.25, 0.3) is 0 Å². The van der Waals surface area contributed by atoms with Crippen LogP contribution in [-0.4, -0.2) is 17.5 Å². The first kappa shape index (κ1) is 14.9. The molecule has 4 aliphatic rings. The average Bonchev–Trinajstić information content (AvgIpc) is 3.52. The van der Waals surface area contributed by atoms with Crippen molar-refractivity contribution >= 4 is 11.9 Å². The lowest BCUT2D eigenvalue weighted by Gasteiger charge is -2.33. The Balaban J connectivity index is 1.70. The molecule has 0 unspecified atom stereocenters. The van der Waals surface area contributed by atoms with Crippen molar-refractivity contribution < 1.29 is 0 Å². The lowest BCUT2D eigenvalue weighted by atomic mass is 9.77. The predicted molar refractivity (Wildman–Crippen MR) is 102 cm³/mol. The fourth-order valence-corrected chi connectivity index (χ4v) is 4.62. The number of hydrogen-bond donors (Lipinski definition) is 2. The van der Waals surface area contributed by atoms with Crippen LogP contribution in [0.3, 0.4) is 0 Å². The van der Waals surface area contributed by atoms with Gasteiger partial charge in [0.2, 0.25) is 0 Å². The first-order valence-corrected chi connectivity index (χ1v) is 9.18. The number of benzene rings is 1. The summed E-state index contributed by atoms with van der Waals surface area (Å²) >= 11 is 0. The molecular formula is C22H23N3. The van der Waals surface area contributed by atoms with Crippen LogP contribution in [0.1, 0.15) is 50.7 Å². The van der Waals surface area contributed by atoms with E-state index in [9.17, 15) is 0 Å². The van der Waals surface area contributed by atoms with Gasteiger partial charge in [0, 0.05) is 34.2 Å². The van der Waals surface area contributed by atoms with Crippen LogP contribution in [0.2, 0.25) is 0 Å². The van der Waals surface area contributed by atoms with Gasteiger partial charge >= 0.3 is 0 Å². The molecule has 0 radical (unpaired) electrons. The van der Waals surface area contributed by atoms with E-state index in [2.05, 4.69) is 55.6 Å². The Labute approximate surface area is 148 Å². The predicted octanol–water partition coefficient (Wildman–Crippen LogP) is 4.41. The lowest BCUT2D eigenvalue weighted by molar-refractivity contribution is 0.497. The summed E-state index contributed by atoms with van der Waals surface area (Å²) < 4.78 is 0. The summed E-state index contributed by atoms with van der Waals surface area (Å²) in [7, 11) is 0. The molecule has 2 aliphatic heterocycles. The van der Waals surface area contributed by atoms with Crippen molar-refractivity contribution in [3.05, 3.63) is 70.1 Å². The molecule has 0 atom stereocenters. The van der Waals surface area contributed by atoms with Crippen molar-refractivity contribution in [1.29, 1.82) is 5.41 Å². The van der Waals surface area contributed by atoms with E-state index in [1.807, 2.05) is 0 Å². The summed E-state index contributed by atoms with van der Waals surface area (Å²) in [6.45, 7) is 4.18. The molecule has 0 amide bonds. The van der Waals surface area contributed by atoms with Gasteiger partial charge in [0.1, 0.15) is 0 Å². The third-order valence-electron chi connectivity index (χ3n) is 6.49. The number of rotatable bonds is 2. The fraction of sp³-hybridized carbons (Fsp3) is 0.364. The van der Waals surface area contributed by atoms with Crippen LogP contribution in [0, 0.1) is 5.41 Å². The zero-order chi connectivity index (χ0) is 17.2. The van der Waals surface area contributed by atoms with Crippen LogP contribution in [0.5, 0.6) is 0 Å². The summed E-state index contributed by atoms with van der Waals surface area (Å²) in [6.07, 6.45) is 10.6. The summed E-state index contributed by atoms with van der Waals surface area (Å²) in [5, 5.41) is 11.6. The second-order valence-electron chi connectivity index (χ2n) is 7.86. The number of nitrogens with one attached hydrogen (secondary N) is 2. The molecule has 25 heavy (non-hydrogen) atoms. The van der Waals surface area contributed by atoms with Gasteiger partial charge in [-0.1, -0.05) is 30.3 Å². The van der Waals surface area contributed by atoms with E-state index >= 15 is 0 Å². The van der Waals surface area contributed by atoms with Gasteiger partial charge < -0.3 is 10.7 Å². The maximum absolute atomic E-state index is 8.10. The second-order valence-corrected chi connectivity index (χ2v) is 7.86. The lowest BCUT2D eigenvalue weighted by Crippen LogP contribution is -2.35. The molecule has 2 heterocycles. The smallest absolute Gasteiger partial charge is 0.0765 e. The minimum Gasteiger partial charge on any atom is -0.358 e. The van der Waals surface area contributed by atoms with Crippen LogP contribution in [0.4, 0.5) is 0 Å². The molecule has 126 valence electrons. The Kier molecular flexibility index (Phi) is 2.87. The molecule has 2 fully saturated rings. The normalized spacial score (nSPS) is 26.1. The molecule has 3 heteroatoms. The summed E-state index contributed by atoms with van der Waals surface area (Å²) in [5.74, 6) is 0. The van der Waals surface area contributed by atoms with Gasteiger partial charge in [-0.3, -0.25) is 4.99 Å². The summed E-state index contributed by atoms with van der Waals surface area (Å²) in [6, 6.07) is 8.74. The standard InChI is InChI=1S/C22H23N3/c1-14-7-8-19(24-15(14)2)17(13-23)20-16-5-3-4-6-18(16)21(9-10-21)22(25-20)11-12-22/h3-8,13,23-24H,9-12H2,1-2H3/b19-17+,23-13?. The number of hydrogen-bond acceptors (Lipinski definition) is 3. The Morgan fingerprint density at radius 3 is 2.52 bits per heavy atom. The SMILES string of the molecule is CC1=C(C)N/C(=C(\C=N)C2=NC3(CC3)C3(CC3)c3ccccc32)C=C1. The molecule has 1 aromatic rings. The molecule has 0 bridgehead atoms. The molecule has 5 rings (SSSR count). The quantitative estimate of drug-likeness (QED) is 0.776.